The molecule has 1 saturated heterocycles. The van der Waals surface area contributed by atoms with Crippen LogP contribution in [0, 0.1) is 5.82 Å². The van der Waals surface area contributed by atoms with Gasteiger partial charge >= 0.3 is 6.18 Å². The normalized spacial score (nSPS) is 23.6. The average molecular weight is 450 g/mol. The van der Waals surface area contributed by atoms with Crippen LogP contribution in [-0.2, 0) is 16.5 Å². The molecule has 2 aliphatic rings. The number of rotatable bonds is 4. The lowest BCUT2D eigenvalue weighted by atomic mass is 9.85. The van der Waals surface area contributed by atoms with Crippen molar-refractivity contribution in [3.8, 4) is 0 Å². The Morgan fingerprint density at radius 1 is 1.28 bits per heavy atom. The molecule has 168 valence electrons. The summed E-state index contributed by atoms with van der Waals surface area (Å²) in [6, 6.07) is 1.95. The summed E-state index contributed by atoms with van der Waals surface area (Å²) in [6.07, 6.45) is 0.784. The fraction of sp³-hybridized carbons (Fsp3) is 0.381. The molecule has 3 heterocycles. The van der Waals surface area contributed by atoms with E-state index >= 15 is 0 Å². The number of carbonyl (C=O) groups excluding carboxylic acids is 1. The van der Waals surface area contributed by atoms with Crippen LogP contribution in [0.1, 0.15) is 45.8 Å². The van der Waals surface area contributed by atoms with Crippen molar-refractivity contribution < 1.29 is 32.2 Å². The fourth-order valence-corrected chi connectivity index (χ4v) is 4.01. The summed E-state index contributed by atoms with van der Waals surface area (Å²) in [6.45, 7) is -0.542. The van der Waals surface area contributed by atoms with E-state index < -0.39 is 35.1 Å². The summed E-state index contributed by atoms with van der Waals surface area (Å²) in [7, 11) is 0. The van der Waals surface area contributed by atoms with Gasteiger partial charge in [-0.2, -0.15) is 18.3 Å². The van der Waals surface area contributed by atoms with Crippen molar-refractivity contribution in [3.63, 3.8) is 0 Å². The van der Waals surface area contributed by atoms with Gasteiger partial charge in [0, 0.05) is 18.0 Å². The van der Waals surface area contributed by atoms with E-state index in [2.05, 4.69) is 15.4 Å². The molecule has 32 heavy (non-hydrogen) atoms. The van der Waals surface area contributed by atoms with Gasteiger partial charge in [-0.15, -0.1) is 0 Å². The lowest BCUT2D eigenvalue weighted by Gasteiger charge is -2.33. The summed E-state index contributed by atoms with van der Waals surface area (Å²) in [5.41, 5.74) is -1.89. The van der Waals surface area contributed by atoms with Crippen molar-refractivity contribution in [1.82, 2.24) is 19.9 Å². The number of nitrogens with one attached hydrogen (secondary N) is 1. The lowest BCUT2D eigenvalue weighted by Crippen LogP contribution is -2.54. The monoisotopic (exact) mass is 450 g/mol. The predicted octanol–water partition coefficient (Wildman–Crippen LogP) is 2.78. The molecule has 2 fully saturated rings. The van der Waals surface area contributed by atoms with E-state index in [0.29, 0.717) is 18.1 Å². The molecule has 2 aromatic heterocycles. The van der Waals surface area contributed by atoms with Crippen molar-refractivity contribution in [3.05, 3.63) is 64.9 Å². The van der Waals surface area contributed by atoms with Crippen molar-refractivity contribution >= 4 is 11.6 Å². The molecule has 1 unspecified atom stereocenters. The number of benzene rings is 1. The maximum Gasteiger partial charge on any atom is 0.416 e. The van der Waals surface area contributed by atoms with Crippen molar-refractivity contribution in [2.75, 3.05) is 13.2 Å². The van der Waals surface area contributed by atoms with E-state index in [9.17, 15) is 27.5 Å². The third-order valence-electron chi connectivity index (χ3n) is 5.96. The molecule has 1 aliphatic heterocycles. The smallest absolute Gasteiger partial charge is 0.388 e. The number of aliphatic hydroxyl groups excluding tert-OH is 1. The molecule has 5 rings (SSSR count). The number of alkyl halides is 3. The van der Waals surface area contributed by atoms with E-state index in [1.807, 2.05) is 0 Å². The number of amides is 1. The molecule has 0 bridgehead atoms. The Morgan fingerprint density at radius 2 is 2.06 bits per heavy atom. The molecule has 11 heteroatoms. The highest BCUT2D eigenvalue weighted by molar-refractivity contribution is 6.00. The van der Waals surface area contributed by atoms with Gasteiger partial charge in [0.1, 0.15) is 23.0 Å². The first-order valence-electron chi connectivity index (χ1n) is 9.98. The molecule has 0 spiro atoms. The number of hydrogen-bond donors (Lipinski definition) is 2. The van der Waals surface area contributed by atoms with Gasteiger partial charge in [-0.1, -0.05) is 6.07 Å². The van der Waals surface area contributed by atoms with Gasteiger partial charge in [0.2, 0.25) is 0 Å². The van der Waals surface area contributed by atoms with E-state index in [1.165, 1.54) is 10.7 Å². The Morgan fingerprint density at radius 3 is 2.69 bits per heavy atom. The maximum absolute atomic E-state index is 14.8. The highest BCUT2D eigenvalue weighted by Crippen LogP contribution is 2.40. The molecular formula is C21H18F4N4O3. The molecule has 1 aliphatic carbocycles. The minimum absolute atomic E-state index is 0.0816. The molecule has 1 saturated carbocycles. The van der Waals surface area contributed by atoms with E-state index in [4.69, 9.17) is 4.74 Å². The van der Waals surface area contributed by atoms with Gasteiger partial charge in [0.05, 0.1) is 25.0 Å². The first-order chi connectivity index (χ1) is 15.2. The van der Waals surface area contributed by atoms with E-state index in [1.54, 1.807) is 12.4 Å². The van der Waals surface area contributed by atoms with Crippen LogP contribution in [0.15, 0.2) is 36.8 Å². The summed E-state index contributed by atoms with van der Waals surface area (Å²) >= 11 is 0. The fourth-order valence-electron chi connectivity index (χ4n) is 4.01. The SMILES string of the molecule is O=C(N[C@@]1(c2ccc(C(F)(F)F)cc2F)COCC1O)c1cnn2cc(C3CC3)cnc12. The van der Waals surface area contributed by atoms with E-state index in [-0.39, 0.29) is 30.0 Å². The second-order valence-corrected chi connectivity index (χ2v) is 8.14. The van der Waals surface area contributed by atoms with Gasteiger partial charge in [0.25, 0.3) is 5.91 Å². The standard InChI is InChI=1S/C21H18F4N4O3/c22-16-5-13(21(23,24)25)3-4-15(16)20(10-32-9-17(20)30)28-19(31)14-7-27-29-8-12(11-1-2-11)6-26-18(14)29/h3-8,11,17,30H,1-2,9-10H2,(H,28,31)/t17?,20-/m1/s1. The zero-order valence-corrected chi connectivity index (χ0v) is 16.6. The summed E-state index contributed by atoms with van der Waals surface area (Å²) in [5.74, 6) is -1.49. The number of fused-ring (bicyclic) bond motifs is 1. The van der Waals surface area contributed by atoms with Crippen molar-refractivity contribution in [2.24, 2.45) is 0 Å². The number of ether oxygens (including phenoxy) is 1. The Kier molecular flexibility index (Phi) is 4.71. The molecule has 3 aromatic rings. The highest BCUT2D eigenvalue weighted by atomic mass is 19.4. The number of carbonyl (C=O) groups is 1. The largest absolute Gasteiger partial charge is 0.416 e. The van der Waals surface area contributed by atoms with Crippen molar-refractivity contribution in [2.45, 2.75) is 36.6 Å². The summed E-state index contributed by atoms with van der Waals surface area (Å²) in [5, 5.41) is 17.3. The molecule has 0 radical (unpaired) electrons. The maximum atomic E-state index is 14.8. The number of halogens is 4. The minimum atomic E-state index is -4.73. The van der Waals surface area contributed by atoms with E-state index in [0.717, 1.165) is 24.5 Å². The quantitative estimate of drug-likeness (QED) is 0.597. The summed E-state index contributed by atoms with van der Waals surface area (Å²) < 4.78 is 60.3. The van der Waals surface area contributed by atoms with Crippen LogP contribution in [0.25, 0.3) is 5.65 Å². The Bertz CT molecular complexity index is 1210. The van der Waals surface area contributed by atoms with Crippen LogP contribution in [-0.4, -0.2) is 44.9 Å². The van der Waals surface area contributed by atoms with Gasteiger partial charge in [-0.25, -0.2) is 13.9 Å². The van der Waals surface area contributed by atoms with Crippen LogP contribution >= 0.6 is 0 Å². The summed E-state index contributed by atoms with van der Waals surface area (Å²) in [4.78, 5) is 17.4. The van der Waals surface area contributed by atoms with Crippen LogP contribution in [0.3, 0.4) is 0 Å². The first kappa shape index (κ1) is 20.8. The average Bonchev–Trinajstić information content (AvgIpc) is 3.41. The van der Waals surface area contributed by atoms with Crippen LogP contribution < -0.4 is 5.32 Å². The molecule has 7 nitrogen and oxygen atoms in total. The number of aromatic nitrogens is 3. The first-order valence-corrected chi connectivity index (χ1v) is 9.98. The van der Waals surface area contributed by atoms with Crippen LogP contribution in [0.5, 0.6) is 0 Å². The third kappa shape index (κ3) is 3.41. The molecular weight excluding hydrogens is 432 g/mol. The topological polar surface area (TPSA) is 88.8 Å². The zero-order valence-electron chi connectivity index (χ0n) is 16.6. The lowest BCUT2D eigenvalue weighted by molar-refractivity contribution is -0.137. The third-order valence-corrected chi connectivity index (χ3v) is 5.96. The Balaban J connectivity index is 1.50. The Hall–Kier alpha value is -3.05. The second kappa shape index (κ2) is 7.24. The Labute approximate surface area is 179 Å². The van der Waals surface area contributed by atoms with Crippen molar-refractivity contribution in [1.29, 1.82) is 0 Å². The zero-order chi connectivity index (χ0) is 22.7. The number of aliphatic hydroxyl groups is 1. The molecule has 2 N–H and O–H groups in total. The van der Waals surface area contributed by atoms with Crippen LogP contribution in [0.2, 0.25) is 0 Å². The molecule has 2 atom stereocenters. The van der Waals surface area contributed by atoms with Gasteiger partial charge in [0.15, 0.2) is 5.65 Å². The molecule has 1 aromatic carbocycles. The van der Waals surface area contributed by atoms with Gasteiger partial charge < -0.3 is 15.2 Å². The number of hydrogen-bond acceptors (Lipinski definition) is 5. The molecule has 1 amide bonds. The highest BCUT2D eigenvalue weighted by Gasteiger charge is 2.48. The van der Waals surface area contributed by atoms with Gasteiger partial charge in [-0.3, -0.25) is 4.79 Å². The number of nitrogens with zero attached hydrogens (tertiary/aromatic N) is 3. The predicted molar refractivity (Wildman–Crippen MR) is 102 cm³/mol. The second-order valence-electron chi connectivity index (χ2n) is 8.14. The van der Waals surface area contributed by atoms with Crippen LogP contribution in [0.4, 0.5) is 17.6 Å². The minimum Gasteiger partial charge on any atom is -0.388 e. The van der Waals surface area contributed by atoms with Gasteiger partial charge in [-0.05, 0) is 36.5 Å².